The van der Waals surface area contributed by atoms with Crippen LogP contribution in [-0.2, 0) is 9.53 Å². The van der Waals surface area contributed by atoms with Gasteiger partial charge < -0.3 is 14.8 Å². The molecule has 2 aromatic rings. The summed E-state index contributed by atoms with van der Waals surface area (Å²) in [6.07, 6.45) is 0. The van der Waals surface area contributed by atoms with Crippen molar-refractivity contribution < 1.29 is 19.1 Å². The molecule has 0 saturated heterocycles. The van der Waals surface area contributed by atoms with E-state index in [0.29, 0.717) is 22.9 Å². The second-order valence-electron chi connectivity index (χ2n) is 6.05. The topological polar surface area (TPSA) is 64.6 Å². The molecule has 0 aromatic heterocycles. The molecule has 0 aliphatic rings. The molecule has 0 bridgehead atoms. The summed E-state index contributed by atoms with van der Waals surface area (Å²) in [7, 11) is 1.30. The molecule has 0 aliphatic carbocycles. The van der Waals surface area contributed by atoms with Crippen molar-refractivity contribution in [2.75, 3.05) is 19.0 Å². The number of rotatable bonds is 6. The molecule has 0 radical (unpaired) electrons. The molecular formula is C20H23NO4. The zero-order valence-corrected chi connectivity index (χ0v) is 15.0. The van der Waals surface area contributed by atoms with Crippen LogP contribution in [0.1, 0.15) is 41.3 Å². The number of ether oxygens (including phenoxy) is 2. The van der Waals surface area contributed by atoms with E-state index in [-0.39, 0.29) is 12.5 Å². The molecule has 0 heterocycles. The van der Waals surface area contributed by atoms with E-state index in [1.54, 1.807) is 24.3 Å². The first-order chi connectivity index (χ1) is 11.9. The van der Waals surface area contributed by atoms with E-state index in [2.05, 4.69) is 19.2 Å². The molecule has 2 aromatic carbocycles. The quantitative estimate of drug-likeness (QED) is 0.809. The van der Waals surface area contributed by atoms with Crippen LogP contribution >= 0.6 is 0 Å². The zero-order chi connectivity index (χ0) is 18.4. The highest BCUT2D eigenvalue weighted by Crippen LogP contribution is 2.23. The number of benzene rings is 2. The van der Waals surface area contributed by atoms with Gasteiger partial charge in [-0.15, -0.1) is 0 Å². The van der Waals surface area contributed by atoms with Gasteiger partial charge in [0.25, 0.3) is 5.91 Å². The fraction of sp³-hybridized carbons (Fsp3) is 0.300. The van der Waals surface area contributed by atoms with Crippen LogP contribution in [0.4, 0.5) is 5.69 Å². The first-order valence-corrected chi connectivity index (χ1v) is 8.13. The van der Waals surface area contributed by atoms with Crippen molar-refractivity contribution in [3.63, 3.8) is 0 Å². The number of carbonyl (C=O) groups is 2. The van der Waals surface area contributed by atoms with Crippen molar-refractivity contribution in [1.29, 1.82) is 0 Å². The van der Waals surface area contributed by atoms with E-state index < -0.39 is 5.97 Å². The van der Waals surface area contributed by atoms with Gasteiger partial charge in [0.05, 0.1) is 18.4 Å². The molecule has 1 N–H and O–H groups in total. The third-order valence-electron chi connectivity index (χ3n) is 3.84. The van der Waals surface area contributed by atoms with Crippen molar-refractivity contribution >= 4 is 17.6 Å². The van der Waals surface area contributed by atoms with Gasteiger partial charge in [0, 0.05) is 0 Å². The zero-order valence-electron chi connectivity index (χ0n) is 15.0. The fourth-order valence-electron chi connectivity index (χ4n) is 2.60. The average Bonchev–Trinajstić information content (AvgIpc) is 2.59. The molecule has 0 fully saturated rings. The Morgan fingerprint density at radius 1 is 1.12 bits per heavy atom. The summed E-state index contributed by atoms with van der Waals surface area (Å²) in [6.45, 7) is 6.15. The van der Waals surface area contributed by atoms with E-state index in [4.69, 9.17) is 9.47 Å². The van der Waals surface area contributed by atoms with E-state index >= 15 is 0 Å². The fourth-order valence-corrected chi connectivity index (χ4v) is 2.60. The minimum Gasteiger partial charge on any atom is -0.484 e. The molecule has 0 saturated carbocycles. The molecular weight excluding hydrogens is 318 g/mol. The largest absolute Gasteiger partial charge is 0.484 e. The minimum atomic E-state index is -0.503. The van der Waals surface area contributed by atoms with E-state index in [0.717, 1.165) is 5.56 Å². The number of nitrogens with one attached hydrogen (secondary N) is 1. The number of para-hydroxylation sites is 1. The SMILES string of the molecule is COC(=O)c1ccccc1NC(=O)COc1ccc(C(C)C)c(C)c1. The molecule has 0 aliphatic heterocycles. The Bertz CT molecular complexity index is 768. The monoisotopic (exact) mass is 341 g/mol. The maximum atomic E-state index is 12.1. The van der Waals surface area contributed by atoms with Crippen LogP contribution in [0.15, 0.2) is 42.5 Å². The van der Waals surface area contributed by atoms with Gasteiger partial charge >= 0.3 is 5.97 Å². The van der Waals surface area contributed by atoms with Crippen LogP contribution in [0.3, 0.4) is 0 Å². The first-order valence-electron chi connectivity index (χ1n) is 8.13. The summed E-state index contributed by atoms with van der Waals surface area (Å²) in [6, 6.07) is 12.5. The van der Waals surface area contributed by atoms with Crippen LogP contribution in [-0.4, -0.2) is 25.6 Å². The van der Waals surface area contributed by atoms with Crippen LogP contribution in [0.25, 0.3) is 0 Å². The third-order valence-corrected chi connectivity index (χ3v) is 3.84. The predicted octanol–water partition coefficient (Wildman–Crippen LogP) is 3.92. The number of hydrogen-bond donors (Lipinski definition) is 1. The Morgan fingerprint density at radius 3 is 2.48 bits per heavy atom. The predicted molar refractivity (Wildman–Crippen MR) is 97.2 cm³/mol. The summed E-state index contributed by atoms with van der Waals surface area (Å²) >= 11 is 0. The smallest absolute Gasteiger partial charge is 0.339 e. The second-order valence-corrected chi connectivity index (χ2v) is 6.05. The average molecular weight is 341 g/mol. The summed E-state index contributed by atoms with van der Waals surface area (Å²) in [4.78, 5) is 23.8. The first kappa shape index (κ1) is 18.5. The Hall–Kier alpha value is -2.82. The number of carbonyl (C=O) groups excluding carboxylic acids is 2. The van der Waals surface area contributed by atoms with Crippen molar-refractivity contribution in [2.45, 2.75) is 26.7 Å². The van der Waals surface area contributed by atoms with Crippen molar-refractivity contribution in [3.05, 3.63) is 59.2 Å². The molecule has 0 spiro atoms. The maximum Gasteiger partial charge on any atom is 0.339 e. The Balaban J connectivity index is 2.00. The Labute approximate surface area is 148 Å². The molecule has 0 unspecified atom stereocenters. The van der Waals surface area contributed by atoms with E-state index in [1.165, 1.54) is 12.7 Å². The summed E-state index contributed by atoms with van der Waals surface area (Å²) in [5, 5.41) is 2.68. The lowest BCUT2D eigenvalue weighted by atomic mass is 9.98. The van der Waals surface area contributed by atoms with Gasteiger partial charge in [-0.1, -0.05) is 32.0 Å². The third kappa shape index (κ3) is 4.83. The van der Waals surface area contributed by atoms with Crippen molar-refractivity contribution in [1.82, 2.24) is 0 Å². The van der Waals surface area contributed by atoms with Crippen LogP contribution in [0.2, 0.25) is 0 Å². The van der Waals surface area contributed by atoms with Gasteiger partial charge in [-0.25, -0.2) is 4.79 Å². The second kappa shape index (κ2) is 8.33. The Kier molecular flexibility index (Phi) is 6.17. The minimum absolute atomic E-state index is 0.143. The number of esters is 1. The molecule has 5 nitrogen and oxygen atoms in total. The highest BCUT2D eigenvalue weighted by molar-refractivity contribution is 6.01. The maximum absolute atomic E-state index is 12.1. The Morgan fingerprint density at radius 2 is 1.84 bits per heavy atom. The standard InChI is InChI=1S/C20H23NO4/c1-13(2)16-10-9-15(11-14(16)3)25-12-19(22)21-18-8-6-5-7-17(18)20(23)24-4/h5-11,13H,12H2,1-4H3,(H,21,22). The van der Waals surface area contributed by atoms with Crippen molar-refractivity contribution in [3.8, 4) is 5.75 Å². The lowest BCUT2D eigenvalue weighted by Gasteiger charge is -2.13. The van der Waals surface area contributed by atoms with Gasteiger partial charge in [0.15, 0.2) is 6.61 Å². The number of hydrogen-bond acceptors (Lipinski definition) is 4. The molecule has 1 amide bonds. The lowest BCUT2D eigenvalue weighted by Crippen LogP contribution is -2.21. The molecule has 2 rings (SSSR count). The van der Waals surface area contributed by atoms with E-state index in [9.17, 15) is 9.59 Å². The normalized spacial score (nSPS) is 10.4. The number of anilines is 1. The van der Waals surface area contributed by atoms with Gasteiger partial charge in [0.1, 0.15) is 5.75 Å². The summed E-state index contributed by atoms with van der Waals surface area (Å²) in [5.74, 6) is 0.226. The number of amides is 1. The molecule has 132 valence electrons. The highest BCUT2D eigenvalue weighted by atomic mass is 16.5. The van der Waals surface area contributed by atoms with Gasteiger partial charge in [-0.3, -0.25) is 4.79 Å². The van der Waals surface area contributed by atoms with Crippen LogP contribution in [0.5, 0.6) is 5.75 Å². The van der Waals surface area contributed by atoms with Crippen molar-refractivity contribution in [2.24, 2.45) is 0 Å². The number of methoxy groups -OCH3 is 1. The van der Waals surface area contributed by atoms with Gasteiger partial charge in [-0.05, 0) is 48.2 Å². The van der Waals surface area contributed by atoms with Crippen LogP contribution < -0.4 is 10.1 Å². The van der Waals surface area contributed by atoms with Gasteiger partial charge in [0.2, 0.25) is 0 Å². The lowest BCUT2D eigenvalue weighted by molar-refractivity contribution is -0.118. The van der Waals surface area contributed by atoms with Gasteiger partial charge in [-0.2, -0.15) is 0 Å². The molecule has 0 atom stereocenters. The number of aryl methyl sites for hydroxylation is 1. The molecule has 5 heteroatoms. The highest BCUT2D eigenvalue weighted by Gasteiger charge is 2.13. The van der Waals surface area contributed by atoms with E-state index in [1.807, 2.05) is 25.1 Å². The summed E-state index contributed by atoms with van der Waals surface area (Å²) < 4.78 is 10.3. The van der Waals surface area contributed by atoms with Crippen LogP contribution in [0, 0.1) is 6.92 Å². The summed E-state index contributed by atoms with van der Waals surface area (Å²) in [5.41, 5.74) is 3.08. The molecule has 25 heavy (non-hydrogen) atoms.